The van der Waals surface area contributed by atoms with Crippen LogP contribution in [0.15, 0.2) is 0 Å². The van der Waals surface area contributed by atoms with E-state index >= 15 is 0 Å². The maximum atomic E-state index is 8.94. The Morgan fingerprint density at radius 2 is 2.00 bits per heavy atom. The Bertz CT molecular complexity index is 67.3. The fourth-order valence-corrected chi connectivity index (χ4v) is 0.304. The SMILES string of the molecule is CC(C)(N)C(O)CN. The van der Waals surface area contributed by atoms with E-state index < -0.39 is 11.6 Å². The van der Waals surface area contributed by atoms with Crippen molar-refractivity contribution < 1.29 is 5.11 Å². The first-order valence-corrected chi connectivity index (χ1v) is 2.65. The van der Waals surface area contributed by atoms with Crippen LogP contribution in [0.25, 0.3) is 0 Å². The predicted molar refractivity (Wildman–Crippen MR) is 33.3 cm³/mol. The first-order chi connectivity index (χ1) is 3.48. The number of rotatable bonds is 2. The standard InChI is InChI=1S/C5H14N2O/c1-5(2,7)4(8)3-6/h4,8H,3,6-7H2,1-2H3. The van der Waals surface area contributed by atoms with E-state index in [-0.39, 0.29) is 6.54 Å². The number of nitrogens with two attached hydrogens (primary N) is 2. The summed E-state index contributed by atoms with van der Waals surface area (Å²) in [6.45, 7) is 3.71. The minimum Gasteiger partial charge on any atom is -0.390 e. The molecule has 0 aliphatic heterocycles. The lowest BCUT2D eigenvalue weighted by Gasteiger charge is -2.23. The van der Waals surface area contributed by atoms with Gasteiger partial charge in [-0.1, -0.05) is 0 Å². The molecule has 1 unspecified atom stereocenters. The summed E-state index contributed by atoms with van der Waals surface area (Å²) in [5.74, 6) is 0. The van der Waals surface area contributed by atoms with Crippen LogP contribution in [0.3, 0.4) is 0 Å². The van der Waals surface area contributed by atoms with Crippen molar-refractivity contribution in [2.45, 2.75) is 25.5 Å². The van der Waals surface area contributed by atoms with Gasteiger partial charge in [0.1, 0.15) is 0 Å². The van der Waals surface area contributed by atoms with Crippen LogP contribution in [0.1, 0.15) is 13.8 Å². The van der Waals surface area contributed by atoms with Crippen LogP contribution >= 0.6 is 0 Å². The molecule has 0 fully saturated rings. The fraction of sp³-hybridized carbons (Fsp3) is 1.00. The zero-order valence-electron chi connectivity index (χ0n) is 5.39. The largest absolute Gasteiger partial charge is 0.390 e. The van der Waals surface area contributed by atoms with Crippen molar-refractivity contribution >= 4 is 0 Å². The fourth-order valence-electron chi connectivity index (χ4n) is 0.304. The molecule has 0 aromatic carbocycles. The molecule has 0 aromatic heterocycles. The van der Waals surface area contributed by atoms with Gasteiger partial charge in [-0.15, -0.1) is 0 Å². The van der Waals surface area contributed by atoms with Crippen LogP contribution in [0, 0.1) is 0 Å². The van der Waals surface area contributed by atoms with E-state index in [0.717, 1.165) is 0 Å². The third-order valence-corrected chi connectivity index (χ3v) is 1.08. The van der Waals surface area contributed by atoms with Gasteiger partial charge in [-0.3, -0.25) is 0 Å². The van der Waals surface area contributed by atoms with Crippen molar-refractivity contribution in [3.05, 3.63) is 0 Å². The van der Waals surface area contributed by atoms with E-state index in [0.29, 0.717) is 0 Å². The van der Waals surface area contributed by atoms with Crippen LogP contribution in [0.5, 0.6) is 0 Å². The van der Waals surface area contributed by atoms with Crippen molar-refractivity contribution in [3.63, 3.8) is 0 Å². The molecule has 50 valence electrons. The van der Waals surface area contributed by atoms with Crippen LogP contribution in [0.2, 0.25) is 0 Å². The van der Waals surface area contributed by atoms with Gasteiger partial charge in [0.2, 0.25) is 0 Å². The molecule has 3 heteroatoms. The van der Waals surface area contributed by atoms with Gasteiger partial charge < -0.3 is 16.6 Å². The van der Waals surface area contributed by atoms with Gasteiger partial charge in [0, 0.05) is 12.1 Å². The smallest absolute Gasteiger partial charge is 0.0836 e. The second-order valence-corrected chi connectivity index (χ2v) is 2.57. The van der Waals surface area contributed by atoms with Crippen LogP contribution < -0.4 is 11.5 Å². The molecule has 1 atom stereocenters. The van der Waals surface area contributed by atoms with Gasteiger partial charge >= 0.3 is 0 Å². The molecule has 0 saturated heterocycles. The highest BCUT2D eigenvalue weighted by atomic mass is 16.3. The minimum atomic E-state index is -0.595. The maximum absolute atomic E-state index is 8.94. The van der Waals surface area contributed by atoms with Gasteiger partial charge in [-0.05, 0) is 13.8 Å². The van der Waals surface area contributed by atoms with E-state index in [1.54, 1.807) is 13.8 Å². The molecule has 0 aromatic rings. The molecule has 0 rings (SSSR count). The molecule has 0 saturated carbocycles. The zero-order valence-corrected chi connectivity index (χ0v) is 5.39. The van der Waals surface area contributed by atoms with E-state index in [1.807, 2.05) is 0 Å². The highest BCUT2D eigenvalue weighted by molar-refractivity contribution is 4.81. The highest BCUT2D eigenvalue weighted by Gasteiger charge is 2.20. The first-order valence-electron chi connectivity index (χ1n) is 2.65. The maximum Gasteiger partial charge on any atom is 0.0836 e. The monoisotopic (exact) mass is 118 g/mol. The molecule has 0 spiro atoms. The average Bonchev–Trinajstić information content (AvgIpc) is 1.62. The highest BCUT2D eigenvalue weighted by Crippen LogP contribution is 2.01. The lowest BCUT2D eigenvalue weighted by molar-refractivity contribution is 0.112. The van der Waals surface area contributed by atoms with Crippen molar-refractivity contribution in [3.8, 4) is 0 Å². The molecular weight excluding hydrogens is 104 g/mol. The summed E-state index contributed by atoms with van der Waals surface area (Å²) >= 11 is 0. The van der Waals surface area contributed by atoms with E-state index in [2.05, 4.69) is 0 Å². The summed E-state index contributed by atoms with van der Waals surface area (Å²) in [7, 11) is 0. The molecule has 0 aliphatic carbocycles. The number of hydrogen-bond donors (Lipinski definition) is 3. The Labute approximate surface area is 49.7 Å². The quantitative estimate of drug-likeness (QED) is 0.437. The molecule has 0 amide bonds. The predicted octanol–water partition coefficient (Wildman–Crippen LogP) is -0.957. The van der Waals surface area contributed by atoms with E-state index in [1.165, 1.54) is 0 Å². The lowest BCUT2D eigenvalue weighted by Crippen LogP contribution is -2.48. The normalized spacial score (nSPS) is 16.1. The summed E-state index contributed by atoms with van der Waals surface area (Å²) in [5.41, 5.74) is 10.0. The van der Waals surface area contributed by atoms with Crippen molar-refractivity contribution in [2.24, 2.45) is 11.5 Å². The Morgan fingerprint density at radius 1 is 1.62 bits per heavy atom. The molecule has 0 radical (unpaired) electrons. The van der Waals surface area contributed by atoms with Crippen LogP contribution in [0.4, 0.5) is 0 Å². The summed E-state index contributed by atoms with van der Waals surface area (Å²) in [5, 5.41) is 8.94. The summed E-state index contributed by atoms with van der Waals surface area (Å²) < 4.78 is 0. The number of aliphatic hydroxyl groups is 1. The van der Waals surface area contributed by atoms with Crippen molar-refractivity contribution in [1.29, 1.82) is 0 Å². The molecule has 3 nitrogen and oxygen atoms in total. The Kier molecular flexibility index (Phi) is 2.40. The van der Waals surface area contributed by atoms with Gasteiger partial charge in [0.05, 0.1) is 6.10 Å². The third-order valence-electron chi connectivity index (χ3n) is 1.08. The topological polar surface area (TPSA) is 72.3 Å². The number of aliphatic hydroxyl groups excluding tert-OH is 1. The molecule has 0 aliphatic rings. The molecule has 0 heterocycles. The summed E-state index contributed by atoms with van der Waals surface area (Å²) in [4.78, 5) is 0. The molecule has 5 N–H and O–H groups in total. The Balaban J connectivity index is 3.62. The van der Waals surface area contributed by atoms with Gasteiger partial charge in [0.25, 0.3) is 0 Å². The Morgan fingerprint density at radius 3 is 2.00 bits per heavy atom. The van der Waals surface area contributed by atoms with Crippen LogP contribution in [-0.4, -0.2) is 23.3 Å². The minimum absolute atomic E-state index is 0.226. The number of hydrogen-bond acceptors (Lipinski definition) is 3. The first kappa shape index (κ1) is 7.88. The van der Waals surface area contributed by atoms with Crippen molar-refractivity contribution in [1.82, 2.24) is 0 Å². The summed E-state index contributed by atoms with van der Waals surface area (Å²) in [6.07, 6.45) is -0.595. The second kappa shape index (κ2) is 2.44. The van der Waals surface area contributed by atoms with E-state index in [4.69, 9.17) is 16.6 Å². The second-order valence-electron chi connectivity index (χ2n) is 2.57. The molecular formula is C5H14N2O. The molecule has 8 heavy (non-hydrogen) atoms. The molecule has 0 bridgehead atoms. The summed E-state index contributed by atoms with van der Waals surface area (Å²) in [6, 6.07) is 0. The van der Waals surface area contributed by atoms with E-state index in [9.17, 15) is 0 Å². The average molecular weight is 118 g/mol. The Hall–Kier alpha value is -0.120. The lowest BCUT2D eigenvalue weighted by atomic mass is 9.99. The van der Waals surface area contributed by atoms with Crippen LogP contribution in [-0.2, 0) is 0 Å². The van der Waals surface area contributed by atoms with Gasteiger partial charge in [-0.2, -0.15) is 0 Å². The third kappa shape index (κ3) is 2.26. The van der Waals surface area contributed by atoms with Crippen molar-refractivity contribution in [2.75, 3.05) is 6.54 Å². The van der Waals surface area contributed by atoms with Gasteiger partial charge in [0.15, 0.2) is 0 Å². The zero-order chi connectivity index (χ0) is 6.78. The van der Waals surface area contributed by atoms with Gasteiger partial charge in [-0.25, -0.2) is 0 Å².